The van der Waals surface area contributed by atoms with Gasteiger partial charge in [-0.15, -0.1) is 0 Å². The molecule has 0 saturated carbocycles. The summed E-state index contributed by atoms with van der Waals surface area (Å²) in [5.41, 5.74) is 1.10. The summed E-state index contributed by atoms with van der Waals surface area (Å²) in [5.74, 6) is 2.40. The number of H-pyrrole nitrogens is 1. The minimum atomic E-state index is 0.234. The fourth-order valence-electron chi connectivity index (χ4n) is 4.44. The highest BCUT2D eigenvalue weighted by atomic mass is 16.5. The van der Waals surface area contributed by atoms with E-state index in [0.29, 0.717) is 29.7 Å². The average Bonchev–Trinajstić information content (AvgIpc) is 3.35. The topological polar surface area (TPSA) is 97.0 Å². The maximum Gasteiger partial charge on any atom is 0.232 e. The lowest BCUT2D eigenvalue weighted by Gasteiger charge is -2.39. The zero-order valence-corrected chi connectivity index (χ0v) is 15.4. The van der Waals surface area contributed by atoms with E-state index in [0.717, 1.165) is 44.0 Å². The smallest absolute Gasteiger partial charge is 0.232 e. The van der Waals surface area contributed by atoms with Crippen LogP contribution in [-0.2, 0) is 4.74 Å². The second-order valence-corrected chi connectivity index (χ2v) is 7.84. The molecule has 3 saturated heterocycles. The van der Waals surface area contributed by atoms with E-state index in [1.54, 1.807) is 12.4 Å². The van der Waals surface area contributed by atoms with E-state index in [-0.39, 0.29) is 6.10 Å². The Morgan fingerprint density at radius 1 is 1.07 bits per heavy atom. The molecule has 0 aliphatic carbocycles. The minimum Gasteiger partial charge on any atom is -0.473 e. The van der Waals surface area contributed by atoms with Gasteiger partial charge in [0.05, 0.1) is 19.0 Å². The van der Waals surface area contributed by atoms with Crippen LogP contribution in [-0.4, -0.2) is 51.6 Å². The molecule has 2 aromatic rings. The normalized spacial score (nSPS) is 30.2. The first-order chi connectivity index (χ1) is 13.3. The van der Waals surface area contributed by atoms with Crippen molar-refractivity contribution in [3.63, 3.8) is 0 Å². The van der Waals surface area contributed by atoms with Gasteiger partial charge in [0.25, 0.3) is 0 Å². The molecule has 3 aliphatic heterocycles. The molecule has 3 fully saturated rings. The highest BCUT2D eigenvalue weighted by Gasteiger charge is 2.32. The molecular weight excluding hydrogens is 344 g/mol. The van der Waals surface area contributed by atoms with Crippen LogP contribution in [0.15, 0.2) is 18.5 Å². The van der Waals surface area contributed by atoms with Crippen molar-refractivity contribution in [3.05, 3.63) is 24.2 Å². The maximum absolute atomic E-state index is 6.09. The van der Waals surface area contributed by atoms with Gasteiger partial charge in [0.2, 0.25) is 5.88 Å². The predicted octanol–water partition coefficient (Wildman–Crippen LogP) is 2.50. The molecule has 0 radical (unpaired) electrons. The average molecular weight is 370 g/mol. The molecule has 2 bridgehead atoms. The number of anilines is 2. The van der Waals surface area contributed by atoms with Gasteiger partial charge in [-0.3, -0.25) is 5.10 Å². The Bertz CT molecular complexity index is 746. The lowest BCUT2D eigenvalue weighted by atomic mass is 9.85. The Labute approximate surface area is 158 Å². The Kier molecular flexibility index (Phi) is 4.67. The molecule has 27 heavy (non-hydrogen) atoms. The molecular formula is C19H26N6O2. The number of hydrogen-bond acceptors (Lipinski definition) is 7. The van der Waals surface area contributed by atoms with Gasteiger partial charge in [0.15, 0.2) is 5.82 Å². The van der Waals surface area contributed by atoms with Crippen LogP contribution >= 0.6 is 0 Å². The lowest BCUT2D eigenvalue weighted by molar-refractivity contribution is 0.0886. The van der Waals surface area contributed by atoms with Crippen LogP contribution in [0.1, 0.15) is 50.1 Å². The molecule has 2 unspecified atom stereocenters. The summed E-state index contributed by atoms with van der Waals surface area (Å²) in [4.78, 5) is 8.85. The Balaban J connectivity index is 1.18. The SMILES string of the molecule is c1nc(OC2CC3CCCC(C2)N3)cnc1Nc1cc([C@@H]2CCOC2)[nH]n1. The second kappa shape index (κ2) is 7.44. The van der Waals surface area contributed by atoms with Gasteiger partial charge in [-0.25, -0.2) is 9.97 Å². The van der Waals surface area contributed by atoms with E-state index in [1.165, 1.54) is 19.3 Å². The van der Waals surface area contributed by atoms with Gasteiger partial charge in [0, 0.05) is 36.4 Å². The molecule has 3 atom stereocenters. The molecule has 8 nitrogen and oxygen atoms in total. The van der Waals surface area contributed by atoms with E-state index in [9.17, 15) is 0 Å². The van der Waals surface area contributed by atoms with Crippen molar-refractivity contribution in [1.82, 2.24) is 25.5 Å². The molecule has 0 spiro atoms. The number of rotatable bonds is 5. The second-order valence-electron chi connectivity index (χ2n) is 7.84. The molecule has 3 N–H and O–H groups in total. The third-order valence-corrected chi connectivity index (χ3v) is 5.81. The van der Waals surface area contributed by atoms with Gasteiger partial charge in [-0.2, -0.15) is 5.10 Å². The quantitative estimate of drug-likeness (QED) is 0.744. The van der Waals surface area contributed by atoms with Gasteiger partial charge >= 0.3 is 0 Å². The lowest BCUT2D eigenvalue weighted by Crippen LogP contribution is -2.51. The van der Waals surface area contributed by atoms with Crippen LogP contribution in [0.3, 0.4) is 0 Å². The molecule has 3 aliphatic rings. The highest BCUT2D eigenvalue weighted by Crippen LogP contribution is 2.28. The zero-order valence-electron chi connectivity index (χ0n) is 15.4. The number of nitrogens with zero attached hydrogens (tertiary/aromatic N) is 3. The molecule has 8 heteroatoms. The summed E-state index contributed by atoms with van der Waals surface area (Å²) < 4.78 is 11.5. The molecule has 144 valence electrons. The fourth-order valence-corrected chi connectivity index (χ4v) is 4.44. The predicted molar refractivity (Wildman–Crippen MR) is 100 cm³/mol. The summed E-state index contributed by atoms with van der Waals surface area (Å²) in [6, 6.07) is 3.20. The summed E-state index contributed by atoms with van der Waals surface area (Å²) in [6.45, 7) is 1.57. The van der Waals surface area contributed by atoms with Gasteiger partial charge < -0.3 is 20.1 Å². The van der Waals surface area contributed by atoms with Crippen molar-refractivity contribution in [1.29, 1.82) is 0 Å². The van der Waals surface area contributed by atoms with E-state index in [4.69, 9.17) is 9.47 Å². The summed E-state index contributed by atoms with van der Waals surface area (Å²) in [7, 11) is 0. The summed E-state index contributed by atoms with van der Waals surface area (Å²) in [6.07, 6.45) is 10.6. The molecule has 2 aromatic heterocycles. The Hall–Kier alpha value is -2.19. The van der Waals surface area contributed by atoms with Crippen molar-refractivity contribution in [2.45, 2.75) is 62.6 Å². The van der Waals surface area contributed by atoms with Crippen LogP contribution in [0.2, 0.25) is 0 Å². The zero-order chi connectivity index (χ0) is 18.1. The number of aromatic nitrogens is 4. The third-order valence-electron chi connectivity index (χ3n) is 5.81. The first-order valence-electron chi connectivity index (χ1n) is 9.96. The fraction of sp³-hybridized carbons (Fsp3) is 0.632. The van der Waals surface area contributed by atoms with Crippen molar-refractivity contribution >= 4 is 11.6 Å². The molecule has 0 aromatic carbocycles. The van der Waals surface area contributed by atoms with Crippen molar-refractivity contribution in [2.24, 2.45) is 0 Å². The van der Waals surface area contributed by atoms with Crippen molar-refractivity contribution < 1.29 is 9.47 Å². The first kappa shape index (κ1) is 16.9. The van der Waals surface area contributed by atoms with Crippen LogP contribution in [0.4, 0.5) is 11.6 Å². The van der Waals surface area contributed by atoms with Crippen LogP contribution < -0.4 is 15.4 Å². The molecule has 0 amide bonds. The monoisotopic (exact) mass is 370 g/mol. The van der Waals surface area contributed by atoms with Crippen LogP contribution in [0.5, 0.6) is 5.88 Å². The summed E-state index contributed by atoms with van der Waals surface area (Å²) >= 11 is 0. The minimum absolute atomic E-state index is 0.234. The molecule has 5 rings (SSSR count). The van der Waals surface area contributed by atoms with Crippen molar-refractivity contribution in [2.75, 3.05) is 18.5 Å². The summed E-state index contributed by atoms with van der Waals surface area (Å²) in [5, 5.41) is 14.3. The van der Waals surface area contributed by atoms with Crippen LogP contribution in [0.25, 0.3) is 0 Å². The van der Waals surface area contributed by atoms with Gasteiger partial charge in [-0.05, 0) is 32.1 Å². The number of fused-ring (bicyclic) bond motifs is 2. The number of hydrogen-bond donors (Lipinski definition) is 3. The van der Waals surface area contributed by atoms with E-state index in [1.807, 2.05) is 6.07 Å². The van der Waals surface area contributed by atoms with Crippen LogP contribution in [0, 0.1) is 0 Å². The number of piperidine rings is 2. The van der Waals surface area contributed by atoms with Gasteiger partial charge in [0.1, 0.15) is 11.9 Å². The van der Waals surface area contributed by atoms with E-state index < -0.39 is 0 Å². The first-order valence-corrected chi connectivity index (χ1v) is 9.96. The Morgan fingerprint density at radius 2 is 1.96 bits per heavy atom. The molecule has 5 heterocycles. The van der Waals surface area contributed by atoms with E-state index >= 15 is 0 Å². The standard InChI is InChI=1S/C19H26N6O2/c1-2-13-6-15(7-14(3-1)22-13)27-19-10-20-18(9-21-19)23-17-8-16(24-25-17)12-4-5-26-11-12/h8-10,12-15,22H,1-7,11H2,(H2,20,23,24,25)/t12-,13?,14?,15?/m1/s1. The third kappa shape index (κ3) is 3.91. The Morgan fingerprint density at radius 3 is 2.70 bits per heavy atom. The van der Waals surface area contributed by atoms with Crippen molar-refractivity contribution in [3.8, 4) is 5.88 Å². The van der Waals surface area contributed by atoms with Gasteiger partial charge in [-0.1, -0.05) is 6.42 Å². The number of nitrogens with one attached hydrogen (secondary N) is 3. The largest absolute Gasteiger partial charge is 0.473 e. The maximum atomic E-state index is 6.09. The number of aromatic amines is 1. The number of ether oxygens (including phenoxy) is 2. The highest BCUT2D eigenvalue weighted by molar-refractivity contribution is 5.51. The van der Waals surface area contributed by atoms with E-state index in [2.05, 4.69) is 30.8 Å².